The lowest BCUT2D eigenvalue weighted by Gasteiger charge is -2.26. The van der Waals surface area contributed by atoms with E-state index in [2.05, 4.69) is 55.1 Å². The SMILES string of the molecule is CC(Cc1ccc(OCCN2CCCCC2)cc1)N(C)C.Cl.Cl.O. The zero-order valence-corrected chi connectivity index (χ0v) is 16.8. The fourth-order valence-corrected chi connectivity index (χ4v) is 2.72. The Balaban J connectivity index is 0. The van der Waals surface area contributed by atoms with Gasteiger partial charge in [0.1, 0.15) is 12.4 Å². The summed E-state index contributed by atoms with van der Waals surface area (Å²) in [5, 5.41) is 0. The Labute approximate surface area is 159 Å². The van der Waals surface area contributed by atoms with Gasteiger partial charge in [-0.1, -0.05) is 18.6 Å². The van der Waals surface area contributed by atoms with E-state index < -0.39 is 0 Å². The number of benzene rings is 1. The smallest absolute Gasteiger partial charge is 0.119 e. The van der Waals surface area contributed by atoms with Crippen molar-refractivity contribution in [2.45, 2.75) is 38.6 Å². The summed E-state index contributed by atoms with van der Waals surface area (Å²) in [7, 11) is 4.26. The van der Waals surface area contributed by atoms with Gasteiger partial charge in [-0.2, -0.15) is 0 Å². The molecule has 2 rings (SSSR count). The summed E-state index contributed by atoms with van der Waals surface area (Å²) in [6.07, 6.45) is 5.17. The molecule has 1 aliphatic heterocycles. The highest BCUT2D eigenvalue weighted by Gasteiger charge is 2.09. The molecule has 24 heavy (non-hydrogen) atoms. The van der Waals surface area contributed by atoms with Crippen LogP contribution in [0.1, 0.15) is 31.7 Å². The first kappa shape index (κ1) is 25.7. The highest BCUT2D eigenvalue weighted by Crippen LogP contribution is 2.15. The minimum absolute atomic E-state index is 0. The van der Waals surface area contributed by atoms with Crippen LogP contribution < -0.4 is 4.74 Å². The van der Waals surface area contributed by atoms with E-state index >= 15 is 0 Å². The lowest BCUT2D eigenvalue weighted by atomic mass is 10.1. The lowest BCUT2D eigenvalue weighted by molar-refractivity contribution is 0.183. The molecule has 0 amide bonds. The van der Waals surface area contributed by atoms with Crippen molar-refractivity contribution in [3.05, 3.63) is 29.8 Å². The fraction of sp³-hybridized carbons (Fsp3) is 0.667. The van der Waals surface area contributed by atoms with Gasteiger partial charge in [0.2, 0.25) is 0 Å². The van der Waals surface area contributed by atoms with E-state index in [1.54, 1.807) is 0 Å². The largest absolute Gasteiger partial charge is 0.492 e. The predicted molar refractivity (Wildman–Crippen MR) is 107 cm³/mol. The molecule has 0 aliphatic carbocycles. The third-order valence-corrected chi connectivity index (χ3v) is 4.46. The molecule has 0 saturated carbocycles. The molecule has 142 valence electrons. The number of ether oxygens (including phenoxy) is 1. The van der Waals surface area contributed by atoms with Crippen molar-refractivity contribution in [3.63, 3.8) is 0 Å². The van der Waals surface area contributed by atoms with Crippen molar-refractivity contribution >= 4 is 24.8 Å². The number of piperidine rings is 1. The number of rotatable bonds is 7. The number of nitrogens with zero attached hydrogens (tertiary/aromatic N) is 2. The Hall–Kier alpha value is -0.520. The summed E-state index contributed by atoms with van der Waals surface area (Å²) in [5.74, 6) is 0.994. The summed E-state index contributed by atoms with van der Waals surface area (Å²) < 4.78 is 5.86. The molecule has 2 N–H and O–H groups in total. The van der Waals surface area contributed by atoms with Gasteiger partial charge in [0.05, 0.1) is 0 Å². The Bertz CT molecular complexity index is 410. The normalized spacial score (nSPS) is 15.7. The van der Waals surface area contributed by atoms with E-state index in [1.165, 1.54) is 37.9 Å². The van der Waals surface area contributed by atoms with E-state index in [4.69, 9.17) is 4.74 Å². The molecule has 1 aromatic carbocycles. The Morgan fingerprint density at radius 2 is 1.62 bits per heavy atom. The molecule has 0 bridgehead atoms. The number of likely N-dealkylation sites (N-methyl/N-ethyl adjacent to an activating group) is 1. The molecule has 1 atom stereocenters. The monoisotopic (exact) mass is 380 g/mol. The average molecular weight is 381 g/mol. The second kappa shape index (κ2) is 13.7. The summed E-state index contributed by atoms with van der Waals surface area (Å²) in [4.78, 5) is 4.76. The average Bonchev–Trinajstić information content (AvgIpc) is 2.50. The molecule has 1 unspecified atom stereocenters. The fourth-order valence-electron chi connectivity index (χ4n) is 2.72. The van der Waals surface area contributed by atoms with Crippen LogP contribution in [0.3, 0.4) is 0 Å². The maximum absolute atomic E-state index is 5.86. The topological polar surface area (TPSA) is 47.2 Å². The molecule has 1 aromatic rings. The van der Waals surface area contributed by atoms with Crippen LogP contribution in [0.15, 0.2) is 24.3 Å². The zero-order chi connectivity index (χ0) is 15.1. The number of hydrogen-bond donors (Lipinski definition) is 0. The summed E-state index contributed by atoms with van der Waals surface area (Å²) in [6, 6.07) is 9.16. The Morgan fingerprint density at radius 3 is 2.17 bits per heavy atom. The summed E-state index contributed by atoms with van der Waals surface area (Å²) >= 11 is 0. The highest BCUT2D eigenvalue weighted by molar-refractivity contribution is 5.85. The van der Waals surface area contributed by atoms with Gasteiger partial charge in [-0.15, -0.1) is 24.8 Å². The third kappa shape index (κ3) is 9.09. The molecule has 1 aliphatic rings. The number of likely N-dealkylation sites (tertiary alicyclic amines) is 1. The quantitative estimate of drug-likeness (QED) is 0.729. The van der Waals surface area contributed by atoms with Gasteiger partial charge < -0.3 is 15.1 Å². The van der Waals surface area contributed by atoms with Crippen LogP contribution in [0.4, 0.5) is 0 Å². The second-order valence-corrected chi connectivity index (χ2v) is 6.41. The maximum atomic E-state index is 5.86. The molecule has 0 radical (unpaired) electrons. The minimum atomic E-state index is 0. The highest BCUT2D eigenvalue weighted by atomic mass is 35.5. The predicted octanol–water partition coefficient (Wildman–Crippen LogP) is 3.06. The molecule has 1 fully saturated rings. The summed E-state index contributed by atoms with van der Waals surface area (Å²) in [5.41, 5.74) is 1.37. The van der Waals surface area contributed by atoms with E-state index in [1.807, 2.05) is 0 Å². The van der Waals surface area contributed by atoms with Gasteiger partial charge in [-0.3, -0.25) is 4.90 Å². The van der Waals surface area contributed by atoms with Crippen molar-refractivity contribution in [2.24, 2.45) is 0 Å². The van der Waals surface area contributed by atoms with Gasteiger partial charge in [-0.05, 0) is 71.1 Å². The van der Waals surface area contributed by atoms with Gasteiger partial charge in [-0.25, -0.2) is 0 Å². The van der Waals surface area contributed by atoms with Crippen LogP contribution in [-0.2, 0) is 6.42 Å². The zero-order valence-electron chi connectivity index (χ0n) is 15.2. The molecular formula is C18H34Cl2N2O2. The van der Waals surface area contributed by atoms with Crippen molar-refractivity contribution in [1.82, 2.24) is 9.80 Å². The molecule has 6 heteroatoms. The van der Waals surface area contributed by atoms with Crippen molar-refractivity contribution in [3.8, 4) is 5.75 Å². The lowest BCUT2D eigenvalue weighted by Crippen LogP contribution is -2.33. The minimum Gasteiger partial charge on any atom is -0.492 e. The van der Waals surface area contributed by atoms with Gasteiger partial charge in [0.25, 0.3) is 0 Å². The van der Waals surface area contributed by atoms with Crippen LogP contribution in [0, 0.1) is 0 Å². The van der Waals surface area contributed by atoms with Gasteiger partial charge in [0.15, 0.2) is 0 Å². The Kier molecular flexibility index (Phi) is 14.7. The Morgan fingerprint density at radius 1 is 1.04 bits per heavy atom. The van der Waals surface area contributed by atoms with Crippen LogP contribution in [0.25, 0.3) is 0 Å². The first-order valence-corrected chi connectivity index (χ1v) is 8.25. The van der Waals surface area contributed by atoms with Crippen LogP contribution in [0.5, 0.6) is 5.75 Å². The van der Waals surface area contributed by atoms with E-state index in [9.17, 15) is 0 Å². The van der Waals surface area contributed by atoms with Crippen LogP contribution >= 0.6 is 24.8 Å². The molecule has 1 saturated heterocycles. The molecule has 1 heterocycles. The molecule has 0 spiro atoms. The molecular weight excluding hydrogens is 347 g/mol. The van der Waals surface area contributed by atoms with Gasteiger partial charge >= 0.3 is 0 Å². The first-order chi connectivity index (χ1) is 10.1. The standard InChI is InChI=1S/C18H30N2O.2ClH.H2O/c1-16(19(2)3)15-17-7-9-18(10-8-17)21-14-13-20-11-5-4-6-12-20;;;/h7-10,16H,4-6,11-15H2,1-3H3;2*1H;1H2. The van der Waals surface area contributed by atoms with Gasteiger partial charge in [0, 0.05) is 12.6 Å². The van der Waals surface area contributed by atoms with Crippen molar-refractivity contribution < 1.29 is 10.2 Å². The summed E-state index contributed by atoms with van der Waals surface area (Å²) in [6.45, 7) is 6.59. The van der Waals surface area contributed by atoms with E-state index in [-0.39, 0.29) is 30.3 Å². The van der Waals surface area contributed by atoms with Crippen LogP contribution in [-0.4, -0.2) is 61.7 Å². The number of hydrogen-bond acceptors (Lipinski definition) is 3. The number of halogens is 2. The van der Waals surface area contributed by atoms with E-state index in [0.29, 0.717) is 6.04 Å². The second-order valence-electron chi connectivity index (χ2n) is 6.41. The first-order valence-electron chi connectivity index (χ1n) is 8.25. The van der Waals surface area contributed by atoms with Crippen molar-refractivity contribution in [2.75, 3.05) is 40.3 Å². The molecule has 0 aromatic heterocycles. The van der Waals surface area contributed by atoms with Crippen molar-refractivity contribution in [1.29, 1.82) is 0 Å². The van der Waals surface area contributed by atoms with Crippen LogP contribution in [0.2, 0.25) is 0 Å². The van der Waals surface area contributed by atoms with E-state index in [0.717, 1.165) is 25.3 Å². The maximum Gasteiger partial charge on any atom is 0.119 e. The molecule has 4 nitrogen and oxygen atoms in total. The third-order valence-electron chi connectivity index (χ3n) is 4.46.